The second-order valence-corrected chi connectivity index (χ2v) is 6.45. The van der Waals surface area contributed by atoms with Crippen LogP contribution in [0.4, 0.5) is 0 Å². The topological polar surface area (TPSA) is 73.2 Å². The molecule has 1 saturated carbocycles. The van der Waals surface area contributed by atoms with Gasteiger partial charge < -0.3 is 10.1 Å². The number of rotatable bonds is 6. The maximum absolute atomic E-state index is 12.6. The zero-order chi connectivity index (χ0) is 18.6. The fourth-order valence-corrected chi connectivity index (χ4v) is 2.74. The van der Waals surface area contributed by atoms with E-state index in [1.807, 2.05) is 60.7 Å². The molecule has 1 aliphatic carbocycles. The first-order valence-electron chi connectivity index (χ1n) is 8.88. The van der Waals surface area contributed by atoms with Gasteiger partial charge >= 0.3 is 5.97 Å². The van der Waals surface area contributed by atoms with Crippen LogP contribution in [0.3, 0.4) is 0 Å². The molecule has 1 fully saturated rings. The number of hydrogen-bond donors (Lipinski definition) is 1. The third-order valence-corrected chi connectivity index (χ3v) is 4.27. The predicted molar refractivity (Wildman–Crippen MR) is 100 cm³/mol. The molecule has 4 rings (SSSR count). The number of carbonyl (C=O) groups is 2. The summed E-state index contributed by atoms with van der Waals surface area (Å²) < 4.78 is 6.76. The van der Waals surface area contributed by atoms with E-state index in [0.29, 0.717) is 5.69 Å². The van der Waals surface area contributed by atoms with Crippen molar-refractivity contribution in [3.05, 3.63) is 72.4 Å². The van der Waals surface area contributed by atoms with Crippen LogP contribution in [0.15, 0.2) is 66.7 Å². The molecule has 1 N–H and O–H groups in total. The highest BCUT2D eigenvalue weighted by atomic mass is 16.5. The third kappa shape index (κ3) is 4.06. The third-order valence-electron chi connectivity index (χ3n) is 4.27. The van der Waals surface area contributed by atoms with E-state index < -0.39 is 5.97 Å². The predicted octanol–water partition coefficient (Wildman–Crippen LogP) is 2.97. The average molecular weight is 361 g/mol. The average Bonchev–Trinajstić information content (AvgIpc) is 3.41. The summed E-state index contributed by atoms with van der Waals surface area (Å²) in [5.74, 6) is -0.862. The van der Waals surface area contributed by atoms with Crippen molar-refractivity contribution in [3.63, 3.8) is 0 Å². The van der Waals surface area contributed by atoms with Crippen molar-refractivity contribution in [2.45, 2.75) is 18.9 Å². The van der Waals surface area contributed by atoms with Gasteiger partial charge in [0.05, 0.1) is 11.4 Å². The van der Waals surface area contributed by atoms with Crippen molar-refractivity contribution in [1.82, 2.24) is 15.1 Å². The Balaban J connectivity index is 1.60. The first kappa shape index (κ1) is 17.0. The molecule has 0 aliphatic heterocycles. The van der Waals surface area contributed by atoms with Gasteiger partial charge in [0.2, 0.25) is 0 Å². The van der Waals surface area contributed by atoms with Crippen LogP contribution in [0, 0.1) is 0 Å². The molecular weight excluding hydrogens is 342 g/mol. The van der Waals surface area contributed by atoms with Crippen LogP contribution in [-0.2, 0) is 9.53 Å². The molecule has 0 bridgehead atoms. The second-order valence-electron chi connectivity index (χ2n) is 6.45. The van der Waals surface area contributed by atoms with Crippen molar-refractivity contribution in [2.75, 3.05) is 6.61 Å². The largest absolute Gasteiger partial charge is 0.451 e. The van der Waals surface area contributed by atoms with Crippen molar-refractivity contribution in [1.29, 1.82) is 0 Å². The lowest BCUT2D eigenvalue weighted by Crippen LogP contribution is -2.30. The van der Waals surface area contributed by atoms with Crippen LogP contribution in [0.5, 0.6) is 0 Å². The minimum atomic E-state index is -0.584. The van der Waals surface area contributed by atoms with E-state index in [9.17, 15) is 9.59 Å². The number of carbonyl (C=O) groups excluding carboxylic acids is 2. The van der Waals surface area contributed by atoms with Crippen LogP contribution < -0.4 is 5.32 Å². The SMILES string of the molecule is O=C(COC(=O)c1cc(-c2ccccc2)nn1-c1ccccc1)NC1CC1. The van der Waals surface area contributed by atoms with Gasteiger partial charge in [0.15, 0.2) is 12.3 Å². The number of esters is 1. The standard InChI is InChI=1S/C21H19N3O3/c25-20(22-16-11-12-16)14-27-21(26)19-13-18(15-7-3-1-4-8-15)23-24(19)17-9-5-2-6-10-17/h1-10,13,16H,11-12,14H2,(H,22,25). The van der Waals surface area contributed by atoms with Gasteiger partial charge in [-0.1, -0.05) is 48.5 Å². The molecule has 0 radical (unpaired) electrons. The van der Waals surface area contributed by atoms with Gasteiger partial charge in [0, 0.05) is 11.6 Å². The van der Waals surface area contributed by atoms with Gasteiger partial charge in [-0.25, -0.2) is 9.48 Å². The molecular formula is C21H19N3O3. The Morgan fingerprint density at radius 2 is 1.70 bits per heavy atom. The summed E-state index contributed by atoms with van der Waals surface area (Å²) in [6, 6.07) is 20.9. The van der Waals surface area contributed by atoms with Gasteiger partial charge in [0.1, 0.15) is 0 Å². The molecule has 6 nitrogen and oxygen atoms in total. The molecule has 1 aromatic heterocycles. The smallest absolute Gasteiger partial charge is 0.357 e. The summed E-state index contributed by atoms with van der Waals surface area (Å²) in [5.41, 5.74) is 2.58. The van der Waals surface area contributed by atoms with Crippen LogP contribution >= 0.6 is 0 Å². The van der Waals surface area contributed by atoms with E-state index in [1.54, 1.807) is 10.7 Å². The Kier molecular flexibility index (Phi) is 4.70. The second kappa shape index (κ2) is 7.45. The van der Waals surface area contributed by atoms with Gasteiger partial charge in [-0.3, -0.25) is 4.79 Å². The number of nitrogens with one attached hydrogen (secondary N) is 1. The molecule has 0 saturated heterocycles. The van der Waals surface area contributed by atoms with E-state index in [1.165, 1.54) is 0 Å². The van der Waals surface area contributed by atoms with Gasteiger partial charge in [-0.15, -0.1) is 0 Å². The highest BCUT2D eigenvalue weighted by Crippen LogP contribution is 2.22. The lowest BCUT2D eigenvalue weighted by Gasteiger charge is -2.08. The molecule has 1 aliphatic rings. The summed E-state index contributed by atoms with van der Waals surface area (Å²) >= 11 is 0. The molecule has 2 aromatic carbocycles. The number of amides is 1. The van der Waals surface area contributed by atoms with Gasteiger partial charge in [-0.2, -0.15) is 5.10 Å². The molecule has 0 spiro atoms. The van der Waals surface area contributed by atoms with E-state index in [4.69, 9.17) is 4.74 Å². The Bertz CT molecular complexity index is 947. The summed E-state index contributed by atoms with van der Waals surface area (Å²) in [7, 11) is 0. The van der Waals surface area contributed by atoms with E-state index in [-0.39, 0.29) is 24.2 Å². The summed E-state index contributed by atoms with van der Waals surface area (Å²) in [4.78, 5) is 24.4. The number of aromatic nitrogens is 2. The van der Waals surface area contributed by atoms with Crippen LogP contribution in [0.25, 0.3) is 16.9 Å². The van der Waals surface area contributed by atoms with Crippen molar-refractivity contribution >= 4 is 11.9 Å². The number of nitrogens with zero attached hydrogens (tertiary/aromatic N) is 2. The fraction of sp³-hybridized carbons (Fsp3) is 0.190. The molecule has 6 heteroatoms. The number of benzene rings is 2. The van der Waals surface area contributed by atoms with E-state index in [2.05, 4.69) is 10.4 Å². The van der Waals surface area contributed by atoms with Gasteiger partial charge in [0.25, 0.3) is 5.91 Å². The molecule has 136 valence electrons. The van der Waals surface area contributed by atoms with Crippen LogP contribution in [0.1, 0.15) is 23.3 Å². The maximum atomic E-state index is 12.6. The quantitative estimate of drug-likeness (QED) is 0.685. The number of ether oxygens (including phenoxy) is 1. The maximum Gasteiger partial charge on any atom is 0.357 e. The number of para-hydroxylation sites is 1. The first-order valence-corrected chi connectivity index (χ1v) is 8.88. The molecule has 27 heavy (non-hydrogen) atoms. The first-order chi connectivity index (χ1) is 13.2. The number of hydrogen-bond acceptors (Lipinski definition) is 4. The van der Waals surface area contributed by atoms with Crippen molar-refractivity contribution in [3.8, 4) is 16.9 Å². The Morgan fingerprint density at radius 3 is 2.37 bits per heavy atom. The van der Waals surface area contributed by atoms with Crippen LogP contribution in [-0.4, -0.2) is 34.3 Å². The molecule has 1 amide bonds. The normalized spacial score (nSPS) is 13.2. The Labute approximate surface area is 156 Å². The summed E-state index contributed by atoms with van der Waals surface area (Å²) in [5, 5.41) is 7.37. The lowest BCUT2D eigenvalue weighted by molar-refractivity contribution is -0.124. The zero-order valence-electron chi connectivity index (χ0n) is 14.7. The highest BCUT2D eigenvalue weighted by Gasteiger charge is 2.24. The zero-order valence-corrected chi connectivity index (χ0v) is 14.7. The lowest BCUT2D eigenvalue weighted by atomic mass is 10.1. The summed E-state index contributed by atoms with van der Waals surface area (Å²) in [6.07, 6.45) is 1.97. The van der Waals surface area contributed by atoms with Gasteiger partial charge in [-0.05, 0) is 31.0 Å². The Morgan fingerprint density at radius 1 is 1.04 bits per heavy atom. The summed E-state index contributed by atoms with van der Waals surface area (Å²) in [6.45, 7) is -0.296. The highest BCUT2D eigenvalue weighted by molar-refractivity contribution is 5.91. The minimum absolute atomic E-state index is 0.232. The van der Waals surface area contributed by atoms with E-state index >= 15 is 0 Å². The molecule has 1 heterocycles. The fourth-order valence-electron chi connectivity index (χ4n) is 2.74. The minimum Gasteiger partial charge on any atom is -0.451 e. The molecule has 0 atom stereocenters. The van der Waals surface area contributed by atoms with E-state index in [0.717, 1.165) is 24.1 Å². The van der Waals surface area contributed by atoms with Crippen molar-refractivity contribution in [2.24, 2.45) is 0 Å². The van der Waals surface area contributed by atoms with Crippen molar-refractivity contribution < 1.29 is 14.3 Å². The van der Waals surface area contributed by atoms with Crippen LogP contribution in [0.2, 0.25) is 0 Å². The molecule has 0 unspecified atom stereocenters. The molecule has 3 aromatic rings. The monoisotopic (exact) mass is 361 g/mol. The Hall–Kier alpha value is -3.41.